The van der Waals surface area contributed by atoms with Crippen molar-refractivity contribution in [3.05, 3.63) is 23.3 Å². The Balaban J connectivity index is 0.000000872. The molecular weight excluding hydrogens is 328 g/mol. The molecule has 152 valence electrons. The van der Waals surface area contributed by atoms with Crippen molar-refractivity contribution in [1.82, 2.24) is 0 Å². The Hall–Kier alpha value is -0.560. The molecule has 1 aliphatic heterocycles. The number of rotatable bonds is 1. The Morgan fingerprint density at radius 3 is 2.56 bits per heavy atom. The summed E-state index contributed by atoms with van der Waals surface area (Å²) in [6, 6.07) is 0. The van der Waals surface area contributed by atoms with Crippen LogP contribution in [0.25, 0.3) is 0 Å². The minimum Gasteiger partial charge on any atom is -0.377 e. The Kier molecular flexibility index (Phi) is 5.89. The highest BCUT2D eigenvalue weighted by Crippen LogP contribution is 2.64. The third-order valence-electron chi connectivity index (χ3n) is 9.11. The summed E-state index contributed by atoms with van der Waals surface area (Å²) in [5.74, 6) is 6.15. The van der Waals surface area contributed by atoms with Crippen molar-refractivity contribution < 1.29 is 4.74 Å². The number of allylic oxidation sites excluding steroid dienone is 2. The summed E-state index contributed by atoms with van der Waals surface area (Å²) in [6.07, 6.45) is 18.1. The monoisotopic (exact) mass is 370 g/mol. The highest BCUT2D eigenvalue weighted by molar-refractivity contribution is 5.42. The Morgan fingerprint density at radius 1 is 0.963 bits per heavy atom. The summed E-state index contributed by atoms with van der Waals surface area (Å²) in [5.41, 5.74) is 3.84. The SMILES string of the molecule is CC.CC1CCC2C(CCC3C2CCC2(C)C(C4=CCOCC4)=CCC32)C1. The zero-order valence-corrected chi connectivity index (χ0v) is 18.3. The second kappa shape index (κ2) is 8.05. The summed E-state index contributed by atoms with van der Waals surface area (Å²) in [4.78, 5) is 0. The molecule has 0 bridgehead atoms. The molecule has 0 aromatic rings. The molecule has 0 amide bonds. The van der Waals surface area contributed by atoms with Crippen LogP contribution in [0, 0.1) is 40.9 Å². The van der Waals surface area contributed by atoms with Crippen LogP contribution >= 0.6 is 0 Å². The molecule has 3 fully saturated rings. The van der Waals surface area contributed by atoms with Crippen LogP contribution in [0.5, 0.6) is 0 Å². The van der Waals surface area contributed by atoms with Gasteiger partial charge in [-0.15, -0.1) is 0 Å². The summed E-state index contributed by atoms with van der Waals surface area (Å²) in [6.45, 7) is 10.9. The molecular formula is C26H42O. The molecule has 7 unspecified atom stereocenters. The maximum Gasteiger partial charge on any atom is 0.0653 e. The van der Waals surface area contributed by atoms with E-state index < -0.39 is 0 Å². The van der Waals surface area contributed by atoms with Gasteiger partial charge in [0.25, 0.3) is 0 Å². The number of ether oxygens (including phenoxy) is 1. The van der Waals surface area contributed by atoms with Gasteiger partial charge < -0.3 is 4.74 Å². The van der Waals surface area contributed by atoms with E-state index in [9.17, 15) is 0 Å². The van der Waals surface area contributed by atoms with Crippen LogP contribution in [0.1, 0.15) is 85.5 Å². The van der Waals surface area contributed by atoms with Crippen LogP contribution in [-0.2, 0) is 4.74 Å². The highest BCUT2D eigenvalue weighted by Gasteiger charge is 2.54. The summed E-state index contributed by atoms with van der Waals surface area (Å²) >= 11 is 0. The Morgan fingerprint density at radius 2 is 1.78 bits per heavy atom. The molecule has 5 rings (SSSR count). The minimum absolute atomic E-state index is 0.471. The summed E-state index contributed by atoms with van der Waals surface area (Å²) in [7, 11) is 0. The van der Waals surface area contributed by atoms with E-state index in [-0.39, 0.29) is 0 Å². The smallest absolute Gasteiger partial charge is 0.0653 e. The highest BCUT2D eigenvalue weighted by atomic mass is 16.5. The standard InChI is InChI=1S/C24H36O.C2H6/c1-16-3-5-19-18(15-16)4-6-21-20(19)9-12-24(2)22(7-8-23(21)24)17-10-13-25-14-11-17;1-2/h7,10,16,18-21,23H,3-6,8-9,11-15H2,1-2H3;1-2H3. The van der Waals surface area contributed by atoms with E-state index in [1.807, 2.05) is 13.8 Å². The molecule has 7 atom stereocenters. The predicted octanol–water partition coefficient (Wildman–Crippen LogP) is 7.18. The zero-order valence-electron chi connectivity index (χ0n) is 18.3. The van der Waals surface area contributed by atoms with Crippen molar-refractivity contribution in [2.75, 3.05) is 13.2 Å². The normalized spacial score (nSPS) is 46.1. The first-order chi connectivity index (χ1) is 13.2. The first kappa shape index (κ1) is 19.7. The lowest BCUT2D eigenvalue weighted by atomic mass is 9.49. The van der Waals surface area contributed by atoms with Gasteiger partial charge in [0.05, 0.1) is 13.2 Å². The molecule has 0 radical (unpaired) electrons. The maximum absolute atomic E-state index is 5.58. The molecule has 1 heteroatoms. The number of hydrogen-bond donors (Lipinski definition) is 0. The van der Waals surface area contributed by atoms with Crippen LogP contribution in [0.2, 0.25) is 0 Å². The van der Waals surface area contributed by atoms with Gasteiger partial charge in [-0.1, -0.05) is 46.3 Å². The maximum atomic E-state index is 5.58. The average Bonchev–Trinajstić information content (AvgIpc) is 3.07. The topological polar surface area (TPSA) is 9.23 Å². The predicted molar refractivity (Wildman–Crippen MR) is 115 cm³/mol. The Labute approximate surface area is 168 Å². The van der Waals surface area contributed by atoms with E-state index >= 15 is 0 Å². The Bertz CT molecular complexity index is 587. The third kappa shape index (κ3) is 3.37. The van der Waals surface area contributed by atoms with Gasteiger partial charge in [-0.05, 0) is 103 Å². The van der Waals surface area contributed by atoms with Crippen molar-refractivity contribution in [3.63, 3.8) is 0 Å². The van der Waals surface area contributed by atoms with E-state index in [1.54, 1.807) is 17.6 Å². The van der Waals surface area contributed by atoms with Crippen molar-refractivity contribution >= 4 is 0 Å². The molecule has 0 spiro atoms. The summed E-state index contributed by atoms with van der Waals surface area (Å²) in [5, 5.41) is 0. The van der Waals surface area contributed by atoms with Crippen LogP contribution in [0.4, 0.5) is 0 Å². The minimum atomic E-state index is 0.471. The van der Waals surface area contributed by atoms with E-state index in [0.717, 1.165) is 55.1 Å². The van der Waals surface area contributed by atoms with E-state index in [4.69, 9.17) is 4.74 Å². The van der Waals surface area contributed by atoms with Crippen LogP contribution < -0.4 is 0 Å². The third-order valence-corrected chi connectivity index (χ3v) is 9.11. The zero-order chi connectivity index (χ0) is 19.0. The largest absolute Gasteiger partial charge is 0.377 e. The molecule has 27 heavy (non-hydrogen) atoms. The molecule has 1 heterocycles. The number of hydrogen-bond acceptors (Lipinski definition) is 1. The van der Waals surface area contributed by atoms with Gasteiger partial charge in [-0.25, -0.2) is 0 Å². The van der Waals surface area contributed by atoms with Gasteiger partial charge in [0.2, 0.25) is 0 Å². The van der Waals surface area contributed by atoms with Crippen molar-refractivity contribution in [3.8, 4) is 0 Å². The fourth-order valence-corrected chi connectivity index (χ4v) is 7.92. The molecule has 0 aromatic carbocycles. The van der Waals surface area contributed by atoms with Gasteiger partial charge in [0.1, 0.15) is 0 Å². The van der Waals surface area contributed by atoms with E-state index in [1.165, 1.54) is 44.9 Å². The molecule has 1 nitrogen and oxygen atoms in total. The lowest BCUT2D eigenvalue weighted by Crippen LogP contribution is -2.48. The first-order valence-corrected chi connectivity index (χ1v) is 12.1. The average molecular weight is 371 g/mol. The van der Waals surface area contributed by atoms with Crippen LogP contribution in [0.3, 0.4) is 0 Å². The van der Waals surface area contributed by atoms with Gasteiger partial charge in [-0.2, -0.15) is 0 Å². The summed E-state index contributed by atoms with van der Waals surface area (Å²) < 4.78 is 5.58. The van der Waals surface area contributed by atoms with Crippen LogP contribution in [0.15, 0.2) is 23.3 Å². The van der Waals surface area contributed by atoms with Crippen molar-refractivity contribution in [2.24, 2.45) is 40.9 Å². The van der Waals surface area contributed by atoms with Gasteiger partial charge in [0.15, 0.2) is 0 Å². The second-order valence-corrected chi connectivity index (χ2v) is 10.2. The molecule has 3 saturated carbocycles. The lowest BCUT2D eigenvalue weighted by molar-refractivity contribution is -0.0490. The fourth-order valence-electron chi connectivity index (χ4n) is 7.92. The van der Waals surface area contributed by atoms with Gasteiger partial charge in [-0.3, -0.25) is 0 Å². The van der Waals surface area contributed by atoms with E-state index in [2.05, 4.69) is 26.0 Å². The van der Waals surface area contributed by atoms with Crippen molar-refractivity contribution in [2.45, 2.75) is 85.5 Å². The molecule has 0 N–H and O–H groups in total. The first-order valence-electron chi connectivity index (χ1n) is 12.1. The van der Waals surface area contributed by atoms with Crippen molar-refractivity contribution in [1.29, 1.82) is 0 Å². The van der Waals surface area contributed by atoms with Gasteiger partial charge in [0, 0.05) is 0 Å². The van der Waals surface area contributed by atoms with Gasteiger partial charge >= 0.3 is 0 Å². The fraction of sp³-hybridized carbons (Fsp3) is 0.846. The lowest BCUT2D eigenvalue weighted by Gasteiger charge is -2.56. The molecule has 0 aromatic heterocycles. The second-order valence-electron chi connectivity index (χ2n) is 10.2. The molecule has 5 aliphatic rings. The van der Waals surface area contributed by atoms with E-state index in [0.29, 0.717) is 5.41 Å². The molecule has 0 saturated heterocycles. The quantitative estimate of drug-likeness (QED) is 0.475. The number of fused-ring (bicyclic) bond motifs is 5. The van der Waals surface area contributed by atoms with Crippen LogP contribution in [-0.4, -0.2) is 13.2 Å². The molecule has 4 aliphatic carbocycles.